The topological polar surface area (TPSA) is 136 Å². The number of hydrogen-bond donors (Lipinski definition) is 1. The minimum atomic E-state index is -2.70. The first-order chi connectivity index (χ1) is 21.4. The molecule has 0 saturated carbocycles. The molecule has 0 radical (unpaired) electrons. The first kappa shape index (κ1) is 32.2. The van der Waals surface area contributed by atoms with Crippen molar-refractivity contribution < 1.29 is 28.2 Å². The third kappa shape index (κ3) is 7.55. The van der Waals surface area contributed by atoms with Gasteiger partial charge in [0.25, 0.3) is 12.0 Å². The highest BCUT2D eigenvalue weighted by molar-refractivity contribution is 6.76. The molecular weight excluding hydrogens is 602 g/mol. The molecule has 4 aromatic rings. The van der Waals surface area contributed by atoms with Crippen LogP contribution < -0.4 is 10.3 Å². The summed E-state index contributed by atoms with van der Waals surface area (Å²) < 4.78 is 40.5. The van der Waals surface area contributed by atoms with Gasteiger partial charge in [-0.15, -0.1) is 0 Å². The maximum atomic E-state index is 13.6. The molecule has 1 fully saturated rings. The van der Waals surface area contributed by atoms with Crippen LogP contribution in [-0.2, 0) is 22.7 Å². The third-order valence-corrected chi connectivity index (χ3v) is 9.52. The quantitative estimate of drug-likeness (QED) is 0.166. The number of carboxylic acids is 1. The predicted molar refractivity (Wildman–Crippen MR) is 167 cm³/mol. The molecule has 238 valence electrons. The van der Waals surface area contributed by atoms with E-state index in [4.69, 9.17) is 19.6 Å². The predicted octanol–water partition coefficient (Wildman–Crippen LogP) is 4.50. The van der Waals surface area contributed by atoms with Crippen LogP contribution in [0.5, 0.6) is 5.75 Å². The molecule has 1 saturated heterocycles. The third-order valence-electron chi connectivity index (χ3n) is 7.81. The van der Waals surface area contributed by atoms with Gasteiger partial charge in [0.2, 0.25) is 0 Å². The van der Waals surface area contributed by atoms with E-state index in [1.165, 1.54) is 10.7 Å². The van der Waals surface area contributed by atoms with Crippen LogP contribution in [0.1, 0.15) is 29.5 Å². The molecule has 1 unspecified atom stereocenters. The number of rotatable bonds is 13. The molecular formula is C31H36F2N6O5Si. The molecule has 0 amide bonds. The van der Waals surface area contributed by atoms with Crippen molar-refractivity contribution in [1.29, 1.82) is 5.26 Å². The molecule has 2 aromatic heterocycles. The summed E-state index contributed by atoms with van der Waals surface area (Å²) in [6.45, 7) is 7.41. The van der Waals surface area contributed by atoms with Gasteiger partial charge in [0.1, 0.15) is 31.0 Å². The number of halogens is 2. The van der Waals surface area contributed by atoms with Gasteiger partial charge in [0.05, 0.1) is 46.7 Å². The Labute approximate surface area is 259 Å². The molecule has 45 heavy (non-hydrogen) atoms. The number of nitrogens with zero attached hydrogens (tertiary/aromatic N) is 6. The van der Waals surface area contributed by atoms with E-state index in [-0.39, 0.29) is 42.6 Å². The highest BCUT2D eigenvalue weighted by Crippen LogP contribution is 2.29. The number of benzene rings is 2. The van der Waals surface area contributed by atoms with Gasteiger partial charge in [-0.25, -0.2) is 18.4 Å². The lowest BCUT2D eigenvalue weighted by molar-refractivity contribution is -0.138. The normalized spacial score (nSPS) is 15.7. The molecule has 2 aromatic carbocycles. The Morgan fingerprint density at radius 3 is 2.67 bits per heavy atom. The summed E-state index contributed by atoms with van der Waals surface area (Å²) in [6.07, 6.45) is -1.92. The molecule has 3 heterocycles. The second-order valence-electron chi connectivity index (χ2n) is 12.4. The Kier molecular flexibility index (Phi) is 9.61. The van der Waals surface area contributed by atoms with Gasteiger partial charge >= 0.3 is 5.97 Å². The minimum absolute atomic E-state index is 0.0189. The molecule has 0 bridgehead atoms. The van der Waals surface area contributed by atoms with Crippen molar-refractivity contribution in [3.63, 3.8) is 0 Å². The Morgan fingerprint density at radius 1 is 1.22 bits per heavy atom. The summed E-state index contributed by atoms with van der Waals surface area (Å²) in [5.74, 6) is -0.358. The van der Waals surface area contributed by atoms with Gasteiger partial charge in [0.15, 0.2) is 0 Å². The number of nitriles is 1. The summed E-state index contributed by atoms with van der Waals surface area (Å²) in [7, 11) is -1.37. The van der Waals surface area contributed by atoms with Crippen LogP contribution in [0.2, 0.25) is 25.7 Å². The highest BCUT2D eigenvalue weighted by atomic mass is 28.3. The van der Waals surface area contributed by atoms with E-state index < -0.39 is 27.1 Å². The van der Waals surface area contributed by atoms with E-state index >= 15 is 0 Å². The number of carbonyl (C=O) groups is 1. The van der Waals surface area contributed by atoms with Crippen molar-refractivity contribution in [2.24, 2.45) is 0 Å². The summed E-state index contributed by atoms with van der Waals surface area (Å²) in [6, 6.07) is 12.9. The molecule has 1 atom stereocenters. The number of imidazole rings is 1. The van der Waals surface area contributed by atoms with E-state index in [1.54, 1.807) is 23.1 Å². The summed E-state index contributed by atoms with van der Waals surface area (Å²) >= 11 is 0. The standard InChI is InChI=1S/C31H36F2N6O5Si/c1-45(2,3)11-10-43-19-38-26-12-20(15-34)27(44-18-28(32)33)13-25(26)35-29(38)14-24-22-6-4-5-7-23(22)31(42)39(36-24)21-8-9-37(16-21)17-30(40)41/h4-7,12-13,21,28H,8-11,14,16-19H2,1-3H3,(H,40,41). The monoisotopic (exact) mass is 638 g/mol. The van der Waals surface area contributed by atoms with Gasteiger partial charge in [-0.1, -0.05) is 37.8 Å². The van der Waals surface area contributed by atoms with E-state index in [9.17, 15) is 28.7 Å². The highest BCUT2D eigenvalue weighted by Gasteiger charge is 2.28. The first-order valence-electron chi connectivity index (χ1n) is 14.8. The van der Waals surface area contributed by atoms with Crippen LogP contribution in [0.15, 0.2) is 41.2 Å². The zero-order chi connectivity index (χ0) is 32.3. The fourth-order valence-corrected chi connectivity index (χ4v) is 6.28. The van der Waals surface area contributed by atoms with Crippen LogP contribution in [0, 0.1) is 11.3 Å². The lowest BCUT2D eigenvalue weighted by Gasteiger charge is -2.18. The SMILES string of the molecule is C[Si](C)(C)CCOCn1c(Cc2nn(C3CCN(CC(=O)O)C3)c(=O)c3ccccc23)nc2cc(OCC(F)F)c(C#N)cc21. The summed E-state index contributed by atoms with van der Waals surface area (Å²) in [4.78, 5) is 31.4. The van der Waals surface area contributed by atoms with Crippen molar-refractivity contribution in [1.82, 2.24) is 24.2 Å². The number of aliphatic carboxylic acids is 1. The number of likely N-dealkylation sites (tertiary alicyclic amines) is 1. The van der Waals surface area contributed by atoms with Gasteiger partial charge in [-0.3, -0.25) is 14.5 Å². The maximum Gasteiger partial charge on any atom is 0.317 e. The Balaban J connectivity index is 1.57. The number of carboxylic acid groups (broad SMARTS) is 1. The lowest BCUT2D eigenvalue weighted by atomic mass is 10.1. The van der Waals surface area contributed by atoms with Gasteiger partial charge in [-0.2, -0.15) is 10.4 Å². The average Bonchev–Trinajstić information content (AvgIpc) is 3.57. The van der Waals surface area contributed by atoms with Crippen LogP contribution in [0.4, 0.5) is 8.78 Å². The average molecular weight is 639 g/mol. The van der Waals surface area contributed by atoms with Crippen molar-refractivity contribution in [3.05, 3.63) is 63.8 Å². The second kappa shape index (κ2) is 13.4. The van der Waals surface area contributed by atoms with Gasteiger partial charge < -0.3 is 19.1 Å². The molecule has 1 N–H and O–H groups in total. The van der Waals surface area contributed by atoms with Gasteiger partial charge in [-0.05, 0) is 24.6 Å². The number of alkyl halides is 2. The van der Waals surface area contributed by atoms with Crippen LogP contribution >= 0.6 is 0 Å². The first-order valence-corrected chi connectivity index (χ1v) is 18.5. The number of aromatic nitrogens is 4. The van der Waals surface area contributed by atoms with Crippen LogP contribution in [-0.4, -0.2) is 82.7 Å². The van der Waals surface area contributed by atoms with Gasteiger partial charge in [0, 0.05) is 39.2 Å². The smallest absolute Gasteiger partial charge is 0.317 e. The molecule has 0 aliphatic carbocycles. The summed E-state index contributed by atoms with van der Waals surface area (Å²) in [5, 5.41) is 25.0. The number of hydrogen-bond acceptors (Lipinski definition) is 8. The maximum absolute atomic E-state index is 13.6. The van der Waals surface area contributed by atoms with Crippen molar-refractivity contribution in [2.75, 3.05) is 32.8 Å². The number of ether oxygens (including phenoxy) is 2. The van der Waals surface area contributed by atoms with E-state index in [0.29, 0.717) is 59.4 Å². The molecule has 14 heteroatoms. The Hall–Kier alpha value is -4.19. The van der Waals surface area contributed by atoms with Crippen LogP contribution in [0.25, 0.3) is 21.8 Å². The molecule has 1 aliphatic heterocycles. The fourth-order valence-electron chi connectivity index (χ4n) is 5.52. The van der Waals surface area contributed by atoms with E-state index in [1.807, 2.05) is 22.8 Å². The lowest BCUT2D eigenvalue weighted by Crippen LogP contribution is -2.32. The van der Waals surface area contributed by atoms with Crippen LogP contribution in [0.3, 0.4) is 0 Å². The Bertz CT molecular complexity index is 1810. The zero-order valence-corrected chi connectivity index (χ0v) is 26.5. The fraction of sp³-hybridized carbons (Fsp3) is 0.452. The van der Waals surface area contributed by atoms with E-state index in [2.05, 4.69) is 19.6 Å². The van der Waals surface area contributed by atoms with Crippen molar-refractivity contribution in [3.8, 4) is 11.8 Å². The molecule has 0 spiro atoms. The molecule has 11 nitrogen and oxygen atoms in total. The zero-order valence-electron chi connectivity index (χ0n) is 25.5. The van der Waals surface area contributed by atoms with Crippen molar-refractivity contribution >= 4 is 35.8 Å². The number of fused-ring (bicyclic) bond motifs is 2. The summed E-state index contributed by atoms with van der Waals surface area (Å²) in [5.41, 5.74) is 1.47. The molecule has 5 rings (SSSR count). The molecule has 1 aliphatic rings. The van der Waals surface area contributed by atoms with Crippen molar-refractivity contribution in [2.45, 2.75) is 57.7 Å². The minimum Gasteiger partial charge on any atom is -0.486 e. The largest absolute Gasteiger partial charge is 0.486 e. The second-order valence-corrected chi connectivity index (χ2v) is 18.1. The Morgan fingerprint density at radius 2 is 1.98 bits per heavy atom. The van der Waals surface area contributed by atoms with E-state index in [0.717, 1.165) is 6.04 Å².